The number of halogens is 4. The summed E-state index contributed by atoms with van der Waals surface area (Å²) in [5.41, 5.74) is 2.59. The fraction of sp³-hybridized carbons (Fsp3) is 0.208. The van der Waals surface area contributed by atoms with E-state index in [4.69, 9.17) is 5.10 Å². The molecule has 1 saturated heterocycles. The summed E-state index contributed by atoms with van der Waals surface area (Å²) in [5, 5.41) is 4.69. The smallest absolute Gasteiger partial charge is 0.332 e. The molecule has 4 aromatic rings. The van der Waals surface area contributed by atoms with E-state index >= 15 is 0 Å². The van der Waals surface area contributed by atoms with E-state index in [9.17, 15) is 22.4 Å². The largest absolute Gasteiger partial charge is 0.416 e. The highest BCUT2D eigenvalue weighted by atomic mass is 19.4. The quantitative estimate of drug-likeness (QED) is 0.310. The van der Waals surface area contributed by atoms with E-state index in [0.717, 1.165) is 17.7 Å². The maximum atomic E-state index is 13.3. The molecule has 0 aliphatic carbocycles. The molecule has 0 bridgehead atoms. The van der Waals surface area contributed by atoms with Crippen LogP contribution in [0.5, 0.6) is 0 Å². The van der Waals surface area contributed by atoms with E-state index in [2.05, 4.69) is 21.5 Å². The topological polar surface area (TPSA) is 76.8 Å². The fourth-order valence-corrected chi connectivity index (χ4v) is 4.05. The third kappa shape index (κ3) is 4.02. The minimum Gasteiger partial charge on any atom is -0.332 e. The number of aryl methyl sites for hydroxylation is 1. The summed E-state index contributed by atoms with van der Waals surface area (Å²) in [6, 6.07) is 6.17. The Kier molecular flexibility index (Phi) is 5.34. The number of amides is 1. The fourth-order valence-electron chi connectivity index (χ4n) is 4.05. The summed E-state index contributed by atoms with van der Waals surface area (Å²) in [5.74, 6) is -1.23. The third-order valence-corrected chi connectivity index (χ3v) is 5.89. The number of fused-ring (bicyclic) bond motifs is 1. The van der Waals surface area contributed by atoms with Crippen molar-refractivity contribution in [2.75, 3.05) is 13.1 Å². The van der Waals surface area contributed by atoms with Gasteiger partial charge in [-0.2, -0.15) is 18.3 Å². The molecule has 0 radical (unpaired) electrons. The molecule has 35 heavy (non-hydrogen) atoms. The molecule has 0 unspecified atom stereocenters. The Balaban J connectivity index is 1.64. The van der Waals surface area contributed by atoms with Crippen LogP contribution < -0.4 is 0 Å². The lowest BCUT2D eigenvalue weighted by Crippen LogP contribution is -2.51. The van der Waals surface area contributed by atoms with Gasteiger partial charge < -0.3 is 4.90 Å². The molecule has 11 heteroatoms. The van der Waals surface area contributed by atoms with Crippen molar-refractivity contribution in [1.82, 2.24) is 29.6 Å². The second-order valence-electron chi connectivity index (χ2n) is 8.21. The van der Waals surface area contributed by atoms with Gasteiger partial charge in [0.25, 0.3) is 5.91 Å². The third-order valence-electron chi connectivity index (χ3n) is 5.89. The molecule has 178 valence electrons. The maximum Gasteiger partial charge on any atom is 0.416 e. The zero-order valence-corrected chi connectivity index (χ0v) is 18.4. The lowest BCUT2D eigenvalue weighted by molar-refractivity contribution is -0.137. The van der Waals surface area contributed by atoms with Gasteiger partial charge in [0.1, 0.15) is 17.0 Å². The minimum atomic E-state index is -4.46. The van der Waals surface area contributed by atoms with Crippen molar-refractivity contribution >= 4 is 16.9 Å². The average Bonchev–Trinajstić information content (AvgIpc) is 3.17. The zero-order valence-electron chi connectivity index (χ0n) is 18.4. The number of benzene rings is 1. The number of hydrogen-bond donors (Lipinski definition) is 0. The maximum absolute atomic E-state index is 13.3. The van der Waals surface area contributed by atoms with Crippen LogP contribution in [0, 0.1) is 6.92 Å². The molecule has 1 fully saturated rings. The number of alkyl halides is 3. The molecule has 7 nitrogen and oxygen atoms in total. The molecular formula is C24H18F4N6O. The van der Waals surface area contributed by atoms with Crippen LogP contribution in [0.1, 0.15) is 17.4 Å². The molecule has 3 aromatic heterocycles. The molecule has 5 rings (SSSR count). The van der Waals surface area contributed by atoms with E-state index < -0.39 is 23.5 Å². The summed E-state index contributed by atoms with van der Waals surface area (Å²) in [6.45, 7) is 5.21. The molecule has 1 aromatic carbocycles. The summed E-state index contributed by atoms with van der Waals surface area (Å²) in [4.78, 5) is 26.2. The predicted octanol–water partition coefficient (Wildman–Crippen LogP) is 4.75. The van der Waals surface area contributed by atoms with Crippen molar-refractivity contribution < 1.29 is 22.4 Å². The van der Waals surface area contributed by atoms with Crippen molar-refractivity contribution in [2.24, 2.45) is 0 Å². The van der Waals surface area contributed by atoms with E-state index in [1.165, 1.54) is 17.0 Å². The molecule has 0 saturated carbocycles. The van der Waals surface area contributed by atoms with E-state index in [0.29, 0.717) is 33.7 Å². The van der Waals surface area contributed by atoms with Crippen molar-refractivity contribution in [3.63, 3.8) is 0 Å². The zero-order chi connectivity index (χ0) is 24.9. The lowest BCUT2D eigenvalue weighted by Gasteiger charge is -2.39. The standard InChI is InChI=1S/C24H18F4N6O/c1-13(25)23(35)33-11-18(12-33)34-22-19(16-9-30-14(2)31-10-16)7-8-29-21(22)20(32-34)15-3-5-17(6-4-15)24(26,27)28/h3-10,18H,1,11-12H2,2H3. The van der Waals surface area contributed by atoms with Crippen LogP contribution >= 0.6 is 0 Å². The lowest BCUT2D eigenvalue weighted by atomic mass is 10.0. The van der Waals surface area contributed by atoms with Crippen LogP contribution in [0.15, 0.2) is 61.3 Å². The van der Waals surface area contributed by atoms with Gasteiger partial charge in [-0.25, -0.2) is 14.4 Å². The molecule has 0 spiro atoms. The normalized spacial score (nSPS) is 14.3. The van der Waals surface area contributed by atoms with Gasteiger partial charge in [-0.3, -0.25) is 14.5 Å². The van der Waals surface area contributed by atoms with Gasteiger partial charge in [0.2, 0.25) is 0 Å². The Morgan fingerprint density at radius 3 is 2.29 bits per heavy atom. The van der Waals surface area contributed by atoms with Crippen LogP contribution in [-0.4, -0.2) is 48.6 Å². The Bertz CT molecular complexity index is 1440. The first-order chi connectivity index (χ1) is 16.6. The molecule has 4 heterocycles. The Labute approximate surface area is 196 Å². The molecular weight excluding hydrogens is 464 g/mol. The number of carbonyl (C=O) groups excluding carboxylic acids is 1. The number of pyridine rings is 1. The first-order valence-electron chi connectivity index (χ1n) is 10.6. The number of carbonyl (C=O) groups is 1. The van der Waals surface area contributed by atoms with Gasteiger partial charge in [-0.15, -0.1) is 0 Å². The van der Waals surface area contributed by atoms with Crippen LogP contribution in [0.2, 0.25) is 0 Å². The van der Waals surface area contributed by atoms with Gasteiger partial charge >= 0.3 is 6.18 Å². The summed E-state index contributed by atoms with van der Waals surface area (Å²) < 4.78 is 54.2. The SMILES string of the molecule is C=C(F)C(=O)N1CC(n2nc(-c3ccc(C(F)(F)F)cc3)c3nccc(-c4cnc(C)nc4)c32)C1. The molecule has 0 atom stereocenters. The van der Waals surface area contributed by atoms with Crippen LogP contribution in [-0.2, 0) is 11.0 Å². The van der Waals surface area contributed by atoms with Crippen molar-refractivity contribution in [1.29, 1.82) is 0 Å². The highest BCUT2D eigenvalue weighted by Crippen LogP contribution is 2.38. The molecule has 0 N–H and O–H groups in total. The van der Waals surface area contributed by atoms with Gasteiger partial charge in [0.05, 0.1) is 17.1 Å². The predicted molar refractivity (Wildman–Crippen MR) is 120 cm³/mol. The monoisotopic (exact) mass is 482 g/mol. The summed E-state index contributed by atoms with van der Waals surface area (Å²) in [7, 11) is 0. The van der Waals surface area contributed by atoms with Crippen LogP contribution in [0.3, 0.4) is 0 Å². The van der Waals surface area contributed by atoms with E-state index in [1.54, 1.807) is 36.3 Å². The van der Waals surface area contributed by atoms with E-state index in [1.807, 2.05) is 0 Å². The van der Waals surface area contributed by atoms with Gasteiger partial charge in [0.15, 0.2) is 5.83 Å². The summed E-state index contributed by atoms with van der Waals surface area (Å²) in [6.07, 6.45) is 0.450. The minimum absolute atomic E-state index is 0.198. The Morgan fingerprint density at radius 1 is 1.03 bits per heavy atom. The molecule has 1 amide bonds. The van der Waals surface area contributed by atoms with E-state index in [-0.39, 0.29) is 19.1 Å². The van der Waals surface area contributed by atoms with Gasteiger partial charge in [-0.05, 0) is 25.1 Å². The first-order valence-corrected chi connectivity index (χ1v) is 10.6. The Hall–Kier alpha value is -4.15. The van der Waals surface area contributed by atoms with Crippen LogP contribution in [0.4, 0.5) is 17.6 Å². The number of likely N-dealkylation sites (tertiary alicyclic amines) is 1. The number of rotatable bonds is 4. The second kappa shape index (κ2) is 8.26. The second-order valence-corrected chi connectivity index (χ2v) is 8.21. The van der Waals surface area contributed by atoms with Gasteiger partial charge in [-0.1, -0.05) is 18.7 Å². The van der Waals surface area contributed by atoms with Crippen molar-refractivity contribution in [3.8, 4) is 22.4 Å². The van der Waals surface area contributed by atoms with Crippen LogP contribution in [0.25, 0.3) is 33.4 Å². The first kappa shape index (κ1) is 22.6. The average molecular weight is 482 g/mol. The van der Waals surface area contributed by atoms with Crippen molar-refractivity contribution in [3.05, 3.63) is 72.7 Å². The number of nitrogens with zero attached hydrogens (tertiary/aromatic N) is 6. The highest BCUT2D eigenvalue weighted by molar-refractivity contribution is 5.99. The van der Waals surface area contributed by atoms with Gasteiger partial charge in [0, 0.05) is 48.4 Å². The number of aromatic nitrogens is 5. The summed E-state index contributed by atoms with van der Waals surface area (Å²) >= 11 is 0. The number of hydrogen-bond acceptors (Lipinski definition) is 5. The highest BCUT2D eigenvalue weighted by Gasteiger charge is 2.36. The van der Waals surface area contributed by atoms with Crippen molar-refractivity contribution in [2.45, 2.75) is 19.1 Å². The molecule has 1 aliphatic rings. The Morgan fingerprint density at radius 2 is 1.69 bits per heavy atom. The molecule has 1 aliphatic heterocycles.